The van der Waals surface area contributed by atoms with Crippen LogP contribution in [0.15, 0.2) is 4.79 Å². The minimum absolute atomic E-state index is 0.0513. The summed E-state index contributed by atoms with van der Waals surface area (Å²) < 4.78 is 0. The number of hydrogen-bond acceptors (Lipinski definition) is 4. The molecule has 0 aliphatic heterocycles. The number of aliphatic hydroxyl groups is 1. The lowest BCUT2D eigenvalue weighted by molar-refractivity contribution is 0.130. The number of nitrogens with one attached hydrogen (secondary N) is 2. The van der Waals surface area contributed by atoms with Crippen molar-refractivity contribution in [3.05, 3.63) is 27.4 Å². The van der Waals surface area contributed by atoms with Crippen molar-refractivity contribution in [2.75, 3.05) is 6.54 Å². The minimum Gasteiger partial charge on any atom is -0.393 e. The second kappa shape index (κ2) is 5.84. The Labute approximate surface area is 113 Å². The van der Waals surface area contributed by atoms with Crippen LogP contribution in [0.1, 0.15) is 49.3 Å². The van der Waals surface area contributed by atoms with Crippen LogP contribution < -0.4 is 10.9 Å². The van der Waals surface area contributed by atoms with Crippen molar-refractivity contribution < 1.29 is 5.11 Å². The third kappa shape index (κ3) is 3.22. The number of hydrogen-bond donors (Lipinski definition) is 3. The summed E-state index contributed by atoms with van der Waals surface area (Å²) in [4.78, 5) is 19.0. The standard InChI is InChI=1S/C14H23N3O2/c1-8(15-7-11-5-4-6-12(11)18)13-9(2)16-10(3)17-14(13)19/h8,11-12,15,18H,4-7H2,1-3H3,(H,16,17,19). The first kappa shape index (κ1) is 14.2. The lowest BCUT2D eigenvalue weighted by atomic mass is 10.0. The molecule has 1 saturated carbocycles. The van der Waals surface area contributed by atoms with Gasteiger partial charge in [0.2, 0.25) is 0 Å². The highest BCUT2D eigenvalue weighted by atomic mass is 16.3. The Morgan fingerprint density at radius 3 is 2.79 bits per heavy atom. The van der Waals surface area contributed by atoms with Crippen molar-refractivity contribution in [3.8, 4) is 0 Å². The molecular formula is C14H23N3O2. The summed E-state index contributed by atoms with van der Waals surface area (Å²) in [5, 5.41) is 13.2. The summed E-state index contributed by atoms with van der Waals surface area (Å²) in [6.07, 6.45) is 2.85. The van der Waals surface area contributed by atoms with Crippen LogP contribution in [-0.2, 0) is 0 Å². The van der Waals surface area contributed by atoms with E-state index in [1.54, 1.807) is 6.92 Å². The van der Waals surface area contributed by atoms with E-state index >= 15 is 0 Å². The molecule has 0 saturated heterocycles. The zero-order valence-corrected chi connectivity index (χ0v) is 11.9. The topological polar surface area (TPSA) is 78.0 Å². The lowest BCUT2D eigenvalue weighted by Gasteiger charge is -2.20. The first-order chi connectivity index (χ1) is 8.99. The third-order valence-corrected chi connectivity index (χ3v) is 4.00. The van der Waals surface area contributed by atoms with Gasteiger partial charge in [-0.1, -0.05) is 6.42 Å². The van der Waals surface area contributed by atoms with Gasteiger partial charge in [-0.15, -0.1) is 0 Å². The maximum atomic E-state index is 12.0. The molecule has 0 amide bonds. The second-order valence-corrected chi connectivity index (χ2v) is 5.54. The van der Waals surface area contributed by atoms with Crippen molar-refractivity contribution in [2.45, 2.75) is 52.2 Å². The first-order valence-electron chi connectivity index (χ1n) is 6.98. The molecule has 1 aromatic rings. The number of aromatic amines is 1. The van der Waals surface area contributed by atoms with E-state index in [4.69, 9.17) is 0 Å². The molecule has 1 aliphatic carbocycles. The zero-order valence-electron chi connectivity index (χ0n) is 11.9. The predicted molar refractivity (Wildman–Crippen MR) is 74.1 cm³/mol. The summed E-state index contributed by atoms with van der Waals surface area (Å²) >= 11 is 0. The molecule has 106 valence electrons. The molecule has 5 heteroatoms. The van der Waals surface area contributed by atoms with Gasteiger partial charge in [0, 0.05) is 18.3 Å². The van der Waals surface area contributed by atoms with E-state index < -0.39 is 0 Å². The summed E-state index contributed by atoms with van der Waals surface area (Å²) in [6.45, 7) is 6.36. The molecule has 0 bridgehead atoms. The molecule has 0 radical (unpaired) electrons. The van der Waals surface area contributed by atoms with E-state index in [-0.39, 0.29) is 17.7 Å². The molecule has 3 N–H and O–H groups in total. The highest BCUT2D eigenvalue weighted by Crippen LogP contribution is 2.25. The van der Waals surface area contributed by atoms with Crippen LogP contribution >= 0.6 is 0 Å². The van der Waals surface area contributed by atoms with Gasteiger partial charge in [-0.25, -0.2) is 4.98 Å². The number of nitrogens with zero attached hydrogens (tertiary/aromatic N) is 1. The SMILES string of the molecule is Cc1nc(C)c(C(C)NCC2CCCC2O)c(=O)[nH]1. The number of rotatable bonds is 4. The molecule has 1 aromatic heterocycles. The van der Waals surface area contributed by atoms with E-state index in [0.29, 0.717) is 17.3 Å². The average Bonchev–Trinajstić information content (AvgIpc) is 2.70. The number of aromatic nitrogens is 2. The summed E-state index contributed by atoms with van der Waals surface area (Å²) in [5.41, 5.74) is 1.39. The molecule has 2 rings (SSSR count). The monoisotopic (exact) mass is 265 g/mol. The molecule has 19 heavy (non-hydrogen) atoms. The van der Waals surface area contributed by atoms with Crippen molar-refractivity contribution >= 4 is 0 Å². The van der Waals surface area contributed by atoms with Gasteiger partial charge in [0.15, 0.2) is 0 Å². The Morgan fingerprint density at radius 2 is 2.21 bits per heavy atom. The fourth-order valence-electron chi connectivity index (χ4n) is 2.93. The molecule has 5 nitrogen and oxygen atoms in total. The molecule has 1 fully saturated rings. The van der Waals surface area contributed by atoms with Crippen LogP contribution in [0, 0.1) is 19.8 Å². The molecule has 3 atom stereocenters. The van der Waals surface area contributed by atoms with Gasteiger partial charge in [-0.3, -0.25) is 4.79 Å². The fourth-order valence-corrected chi connectivity index (χ4v) is 2.93. The quantitative estimate of drug-likeness (QED) is 0.764. The van der Waals surface area contributed by atoms with Gasteiger partial charge >= 0.3 is 0 Å². The van der Waals surface area contributed by atoms with E-state index in [1.165, 1.54) is 0 Å². The smallest absolute Gasteiger partial charge is 0.255 e. The average molecular weight is 265 g/mol. The van der Waals surface area contributed by atoms with Crippen LogP contribution in [0.5, 0.6) is 0 Å². The Balaban J connectivity index is 2.04. The van der Waals surface area contributed by atoms with E-state index in [2.05, 4.69) is 15.3 Å². The summed E-state index contributed by atoms with van der Waals surface area (Å²) in [6, 6.07) is -0.0513. The van der Waals surface area contributed by atoms with E-state index in [0.717, 1.165) is 31.5 Å². The number of H-pyrrole nitrogens is 1. The Morgan fingerprint density at radius 1 is 1.47 bits per heavy atom. The maximum absolute atomic E-state index is 12.0. The summed E-state index contributed by atoms with van der Waals surface area (Å²) in [5.74, 6) is 0.949. The van der Waals surface area contributed by atoms with Crippen LogP contribution in [0.3, 0.4) is 0 Å². The molecule has 0 aromatic carbocycles. The van der Waals surface area contributed by atoms with Crippen LogP contribution in [-0.4, -0.2) is 27.7 Å². The highest BCUT2D eigenvalue weighted by molar-refractivity contribution is 5.20. The van der Waals surface area contributed by atoms with Crippen molar-refractivity contribution in [3.63, 3.8) is 0 Å². The van der Waals surface area contributed by atoms with Gasteiger partial charge in [0.05, 0.1) is 11.7 Å². The van der Waals surface area contributed by atoms with Crippen molar-refractivity contribution in [1.82, 2.24) is 15.3 Å². The first-order valence-corrected chi connectivity index (χ1v) is 6.98. The Kier molecular flexibility index (Phi) is 4.37. The van der Waals surface area contributed by atoms with Crippen LogP contribution in [0.2, 0.25) is 0 Å². The van der Waals surface area contributed by atoms with Gasteiger partial charge in [0.25, 0.3) is 5.56 Å². The van der Waals surface area contributed by atoms with E-state index in [9.17, 15) is 9.90 Å². The molecule has 1 heterocycles. The molecule has 3 unspecified atom stereocenters. The van der Waals surface area contributed by atoms with Gasteiger partial charge in [-0.2, -0.15) is 0 Å². The van der Waals surface area contributed by atoms with Crippen LogP contribution in [0.4, 0.5) is 0 Å². The van der Waals surface area contributed by atoms with Crippen molar-refractivity contribution in [1.29, 1.82) is 0 Å². The normalized spacial score (nSPS) is 24.6. The Hall–Kier alpha value is -1.20. The largest absolute Gasteiger partial charge is 0.393 e. The molecular weight excluding hydrogens is 242 g/mol. The van der Waals surface area contributed by atoms with Gasteiger partial charge in [-0.05, 0) is 39.5 Å². The molecule has 0 spiro atoms. The molecule has 1 aliphatic rings. The highest BCUT2D eigenvalue weighted by Gasteiger charge is 2.25. The number of aliphatic hydroxyl groups excluding tert-OH is 1. The van der Waals surface area contributed by atoms with Gasteiger partial charge in [0.1, 0.15) is 5.82 Å². The second-order valence-electron chi connectivity index (χ2n) is 5.54. The lowest BCUT2D eigenvalue weighted by Crippen LogP contribution is -2.33. The van der Waals surface area contributed by atoms with E-state index in [1.807, 2.05) is 13.8 Å². The minimum atomic E-state index is -0.199. The zero-order chi connectivity index (χ0) is 14.0. The van der Waals surface area contributed by atoms with Crippen molar-refractivity contribution in [2.24, 2.45) is 5.92 Å². The third-order valence-electron chi connectivity index (χ3n) is 4.00. The summed E-state index contributed by atoms with van der Waals surface area (Å²) in [7, 11) is 0. The fraction of sp³-hybridized carbons (Fsp3) is 0.714. The predicted octanol–water partition coefficient (Wildman–Crippen LogP) is 1.20. The Bertz CT molecular complexity index is 498. The number of aryl methyl sites for hydroxylation is 2. The van der Waals surface area contributed by atoms with Gasteiger partial charge < -0.3 is 15.4 Å². The maximum Gasteiger partial charge on any atom is 0.255 e. The van der Waals surface area contributed by atoms with Crippen LogP contribution in [0.25, 0.3) is 0 Å².